The van der Waals surface area contributed by atoms with Crippen molar-refractivity contribution in [1.29, 1.82) is 0 Å². The average Bonchev–Trinajstić information content (AvgIpc) is 2.52. The van der Waals surface area contributed by atoms with Crippen LogP contribution >= 0.6 is 0 Å². The van der Waals surface area contributed by atoms with E-state index in [1.807, 2.05) is 12.1 Å². The zero-order chi connectivity index (χ0) is 10.1. The van der Waals surface area contributed by atoms with Gasteiger partial charge in [-0.05, 0) is 11.6 Å². The molecule has 0 saturated carbocycles. The lowest BCUT2D eigenvalue weighted by Gasteiger charge is -2.13. The number of carbonyl (C=O) groups excluding carboxylic acids is 1. The van der Waals surface area contributed by atoms with Crippen LogP contribution in [0.15, 0.2) is 18.2 Å². The average molecular weight is 193 g/mol. The number of rotatable bonds is 2. The molecule has 74 valence electrons. The second-order valence-corrected chi connectivity index (χ2v) is 3.04. The van der Waals surface area contributed by atoms with Gasteiger partial charge in [-0.2, -0.15) is 5.06 Å². The summed E-state index contributed by atoms with van der Waals surface area (Å²) in [7, 11) is 3.07. The molecule has 0 fully saturated rings. The minimum atomic E-state index is -0.0456. The molecule has 14 heavy (non-hydrogen) atoms. The van der Waals surface area contributed by atoms with E-state index in [0.717, 1.165) is 17.0 Å². The standard InChI is InChI=1S/C10H11NO3/c1-13-8-4-3-7-5-10(12)11(14-2)9(7)6-8/h3-4,6H,5H2,1-2H3. The highest BCUT2D eigenvalue weighted by Gasteiger charge is 2.27. The summed E-state index contributed by atoms with van der Waals surface area (Å²) in [6, 6.07) is 5.51. The highest BCUT2D eigenvalue weighted by molar-refractivity contribution is 5.99. The molecule has 0 atom stereocenters. The lowest BCUT2D eigenvalue weighted by Crippen LogP contribution is -2.24. The van der Waals surface area contributed by atoms with Crippen LogP contribution in [0.2, 0.25) is 0 Å². The first-order valence-corrected chi connectivity index (χ1v) is 4.30. The van der Waals surface area contributed by atoms with Gasteiger partial charge in [0.15, 0.2) is 0 Å². The summed E-state index contributed by atoms with van der Waals surface area (Å²) in [5.41, 5.74) is 1.74. The van der Waals surface area contributed by atoms with Crippen molar-refractivity contribution in [2.24, 2.45) is 0 Å². The summed E-state index contributed by atoms with van der Waals surface area (Å²) >= 11 is 0. The van der Waals surface area contributed by atoms with Crippen LogP contribution in [0.5, 0.6) is 5.75 Å². The first-order valence-electron chi connectivity index (χ1n) is 4.30. The first-order chi connectivity index (χ1) is 6.76. The molecule has 0 N–H and O–H groups in total. The second kappa shape index (κ2) is 3.31. The van der Waals surface area contributed by atoms with Crippen LogP contribution in [-0.4, -0.2) is 20.1 Å². The Morgan fingerprint density at radius 2 is 2.14 bits per heavy atom. The molecule has 0 saturated heterocycles. The van der Waals surface area contributed by atoms with Crippen LogP contribution in [0.25, 0.3) is 0 Å². The van der Waals surface area contributed by atoms with Gasteiger partial charge in [0.25, 0.3) is 5.91 Å². The minimum Gasteiger partial charge on any atom is -0.497 e. The molecule has 1 aromatic rings. The lowest BCUT2D eigenvalue weighted by molar-refractivity contribution is -0.123. The van der Waals surface area contributed by atoms with Crippen molar-refractivity contribution in [3.63, 3.8) is 0 Å². The molecule has 4 nitrogen and oxygen atoms in total. The number of benzene rings is 1. The van der Waals surface area contributed by atoms with E-state index in [2.05, 4.69) is 0 Å². The number of amides is 1. The SMILES string of the molecule is COc1ccc2c(c1)N(OC)C(=O)C2. The van der Waals surface area contributed by atoms with Crippen LogP contribution in [0.3, 0.4) is 0 Å². The molecular weight excluding hydrogens is 182 g/mol. The number of hydrogen-bond acceptors (Lipinski definition) is 3. The van der Waals surface area contributed by atoms with Crippen LogP contribution < -0.4 is 9.80 Å². The number of hydroxylamine groups is 1. The molecule has 4 heteroatoms. The van der Waals surface area contributed by atoms with Gasteiger partial charge in [0, 0.05) is 6.07 Å². The number of fused-ring (bicyclic) bond motifs is 1. The van der Waals surface area contributed by atoms with Gasteiger partial charge in [0.2, 0.25) is 0 Å². The minimum absolute atomic E-state index is 0.0456. The van der Waals surface area contributed by atoms with Crippen LogP contribution in [0, 0.1) is 0 Å². The normalized spacial score (nSPS) is 14.4. The van der Waals surface area contributed by atoms with Crippen molar-refractivity contribution in [3.05, 3.63) is 23.8 Å². The Kier molecular flexibility index (Phi) is 2.13. The van der Waals surface area contributed by atoms with E-state index in [9.17, 15) is 4.79 Å². The molecule has 0 unspecified atom stereocenters. The molecular formula is C10H11NO3. The maximum atomic E-state index is 11.4. The number of nitrogens with zero attached hydrogens (tertiary/aromatic N) is 1. The van der Waals surface area contributed by atoms with Gasteiger partial charge in [-0.15, -0.1) is 0 Å². The summed E-state index contributed by atoms with van der Waals surface area (Å²) in [6.07, 6.45) is 0.396. The molecule has 1 heterocycles. The maximum Gasteiger partial charge on any atom is 0.255 e. The first kappa shape index (κ1) is 9.02. The van der Waals surface area contributed by atoms with Crippen molar-refractivity contribution < 1.29 is 14.4 Å². The molecule has 0 radical (unpaired) electrons. The molecule has 1 aliphatic rings. The second-order valence-electron chi connectivity index (χ2n) is 3.04. The predicted molar refractivity (Wildman–Crippen MR) is 51.2 cm³/mol. The number of carbonyl (C=O) groups is 1. The van der Waals surface area contributed by atoms with E-state index >= 15 is 0 Å². The molecule has 0 aliphatic carbocycles. The Morgan fingerprint density at radius 3 is 2.79 bits per heavy atom. The molecule has 1 aromatic carbocycles. The monoisotopic (exact) mass is 193 g/mol. The number of methoxy groups -OCH3 is 1. The highest BCUT2D eigenvalue weighted by atomic mass is 16.7. The van der Waals surface area contributed by atoms with Gasteiger partial charge in [-0.25, -0.2) is 0 Å². The van der Waals surface area contributed by atoms with Gasteiger partial charge in [-0.1, -0.05) is 6.07 Å². The fourth-order valence-corrected chi connectivity index (χ4v) is 1.58. The van der Waals surface area contributed by atoms with Crippen molar-refractivity contribution in [1.82, 2.24) is 0 Å². The quantitative estimate of drug-likeness (QED) is 0.707. The smallest absolute Gasteiger partial charge is 0.255 e. The molecule has 0 spiro atoms. The van der Waals surface area contributed by atoms with Gasteiger partial charge in [0.1, 0.15) is 5.75 Å². The number of ether oxygens (including phenoxy) is 1. The van der Waals surface area contributed by atoms with E-state index in [1.165, 1.54) is 12.2 Å². The van der Waals surface area contributed by atoms with Crippen LogP contribution in [0.1, 0.15) is 5.56 Å². The Bertz CT molecular complexity index is 376. The summed E-state index contributed by atoms with van der Waals surface area (Å²) in [4.78, 5) is 16.4. The molecule has 1 amide bonds. The van der Waals surface area contributed by atoms with E-state index in [1.54, 1.807) is 13.2 Å². The van der Waals surface area contributed by atoms with Crippen LogP contribution in [0.4, 0.5) is 5.69 Å². The van der Waals surface area contributed by atoms with Crippen molar-refractivity contribution in [2.45, 2.75) is 6.42 Å². The molecule has 1 aliphatic heterocycles. The maximum absolute atomic E-state index is 11.4. The van der Waals surface area contributed by atoms with Gasteiger partial charge in [-0.3, -0.25) is 9.63 Å². The summed E-state index contributed by atoms with van der Waals surface area (Å²) < 4.78 is 5.07. The van der Waals surface area contributed by atoms with Crippen LogP contribution in [-0.2, 0) is 16.1 Å². The third-order valence-corrected chi connectivity index (χ3v) is 2.26. The lowest BCUT2D eigenvalue weighted by atomic mass is 10.1. The third kappa shape index (κ3) is 1.24. The van der Waals surface area contributed by atoms with Crippen molar-refractivity contribution in [3.8, 4) is 5.75 Å². The predicted octanol–water partition coefficient (Wildman–Crippen LogP) is 1.15. The largest absolute Gasteiger partial charge is 0.497 e. The Labute approximate surface area is 82.0 Å². The van der Waals surface area contributed by atoms with Crippen molar-refractivity contribution >= 4 is 11.6 Å². The summed E-state index contributed by atoms with van der Waals surface area (Å²) in [5.74, 6) is 0.677. The third-order valence-electron chi connectivity index (χ3n) is 2.26. The topological polar surface area (TPSA) is 38.8 Å². The number of anilines is 1. The summed E-state index contributed by atoms with van der Waals surface area (Å²) in [6.45, 7) is 0. The summed E-state index contributed by atoms with van der Waals surface area (Å²) in [5, 5.41) is 1.29. The van der Waals surface area contributed by atoms with E-state index in [-0.39, 0.29) is 5.91 Å². The van der Waals surface area contributed by atoms with Gasteiger partial charge < -0.3 is 4.74 Å². The zero-order valence-electron chi connectivity index (χ0n) is 8.11. The zero-order valence-corrected chi connectivity index (χ0v) is 8.11. The highest BCUT2D eigenvalue weighted by Crippen LogP contribution is 2.32. The van der Waals surface area contributed by atoms with E-state index < -0.39 is 0 Å². The fourth-order valence-electron chi connectivity index (χ4n) is 1.58. The molecule has 0 bridgehead atoms. The Balaban J connectivity index is 2.44. The van der Waals surface area contributed by atoms with Crippen molar-refractivity contribution in [2.75, 3.05) is 19.3 Å². The van der Waals surface area contributed by atoms with E-state index in [0.29, 0.717) is 6.42 Å². The van der Waals surface area contributed by atoms with Gasteiger partial charge in [0.05, 0.1) is 26.3 Å². The number of hydrogen-bond donors (Lipinski definition) is 0. The van der Waals surface area contributed by atoms with Gasteiger partial charge >= 0.3 is 0 Å². The Hall–Kier alpha value is -1.55. The molecule has 2 rings (SSSR count). The molecule has 0 aromatic heterocycles. The van der Waals surface area contributed by atoms with E-state index in [4.69, 9.17) is 9.57 Å². The fraction of sp³-hybridized carbons (Fsp3) is 0.300. The Morgan fingerprint density at radius 1 is 1.36 bits per heavy atom.